The van der Waals surface area contributed by atoms with Crippen LogP contribution >= 0.6 is 0 Å². The van der Waals surface area contributed by atoms with Gasteiger partial charge in [-0.2, -0.15) is 9.97 Å². The summed E-state index contributed by atoms with van der Waals surface area (Å²) in [7, 11) is 0. The molecule has 7 aromatic carbocycles. The molecule has 0 aliphatic carbocycles. The Labute approximate surface area is 303 Å². The first-order chi connectivity index (χ1) is 29.0. The Morgan fingerprint density at radius 2 is 1.04 bits per heavy atom. The Morgan fingerprint density at radius 1 is 0.451 bits per heavy atom. The lowest BCUT2D eigenvalue weighted by molar-refractivity contribution is 0.668. The third-order valence-corrected chi connectivity index (χ3v) is 9.30. The Morgan fingerprint density at radius 3 is 1.71 bits per heavy atom. The summed E-state index contributed by atoms with van der Waals surface area (Å²) >= 11 is 0. The van der Waals surface area contributed by atoms with E-state index in [9.17, 15) is 1.37 Å². The van der Waals surface area contributed by atoms with Crippen LogP contribution in [0.2, 0.25) is 0 Å². The van der Waals surface area contributed by atoms with Crippen molar-refractivity contribution in [2.45, 2.75) is 0 Å². The van der Waals surface area contributed by atoms with Gasteiger partial charge < -0.3 is 8.83 Å². The number of para-hydroxylation sites is 3. The second kappa shape index (κ2) is 10.7. The zero-order valence-corrected chi connectivity index (χ0v) is 26.4. The number of hydrogen-bond donors (Lipinski definition) is 0. The largest absolute Gasteiger partial charge is 0.456 e. The second-order valence-corrected chi connectivity index (χ2v) is 12.1. The third-order valence-electron chi connectivity index (χ3n) is 9.30. The summed E-state index contributed by atoms with van der Waals surface area (Å²) in [5.74, 6) is 0.497. The van der Waals surface area contributed by atoms with Crippen molar-refractivity contribution in [1.29, 1.82) is 0 Å². The Balaban J connectivity index is 1.30. The average Bonchev–Trinajstić information content (AvgIpc) is 3.96. The van der Waals surface area contributed by atoms with Crippen molar-refractivity contribution in [3.05, 3.63) is 158 Å². The molecule has 0 bridgehead atoms. The zero-order valence-electron chi connectivity index (χ0n) is 35.4. The quantitative estimate of drug-likeness (QED) is 0.187. The fourth-order valence-corrected chi connectivity index (χ4v) is 7.10. The topological polar surface area (TPSA) is 69.9 Å². The summed E-state index contributed by atoms with van der Waals surface area (Å²) in [5, 5.41) is 3.79. The van der Waals surface area contributed by atoms with E-state index in [2.05, 4.69) is 0 Å². The maximum Gasteiger partial charge on any atom is 0.238 e. The van der Waals surface area contributed by atoms with E-state index in [0.29, 0.717) is 44.4 Å². The van der Waals surface area contributed by atoms with E-state index >= 15 is 0 Å². The maximum atomic E-state index is 9.27. The molecule has 0 spiro atoms. The lowest BCUT2D eigenvalue weighted by atomic mass is 10.0. The van der Waals surface area contributed by atoms with Crippen LogP contribution in [0.15, 0.2) is 166 Å². The van der Waals surface area contributed by atoms with E-state index in [-0.39, 0.29) is 51.7 Å². The Hall–Kier alpha value is -7.05. The first-order valence-corrected chi connectivity index (χ1v) is 16.2. The maximum absolute atomic E-state index is 9.27. The number of benzene rings is 7. The minimum atomic E-state index is -0.529. The van der Waals surface area contributed by atoms with Gasteiger partial charge in [0.2, 0.25) is 5.95 Å². The van der Waals surface area contributed by atoms with Crippen LogP contribution in [0.5, 0.6) is 0 Å². The van der Waals surface area contributed by atoms with Crippen LogP contribution in [-0.2, 0) is 0 Å². The van der Waals surface area contributed by atoms with Crippen molar-refractivity contribution in [2.75, 3.05) is 0 Å². The minimum absolute atomic E-state index is 0.00727. The van der Waals surface area contributed by atoms with Crippen LogP contribution in [0, 0.1) is 0 Å². The lowest BCUT2D eigenvalue weighted by Crippen LogP contribution is -2.06. The summed E-state index contributed by atoms with van der Waals surface area (Å²) in [6.07, 6.45) is 0. The van der Waals surface area contributed by atoms with E-state index in [4.69, 9.17) is 34.8 Å². The molecule has 6 nitrogen and oxygen atoms in total. The highest BCUT2D eigenvalue weighted by atomic mass is 16.3. The molecule has 51 heavy (non-hydrogen) atoms. The van der Waals surface area contributed by atoms with E-state index in [0.717, 1.165) is 21.5 Å². The number of rotatable bonds is 4. The van der Waals surface area contributed by atoms with Gasteiger partial charge >= 0.3 is 0 Å². The molecule has 0 radical (unpaired) electrons. The van der Waals surface area contributed by atoms with Gasteiger partial charge in [-0.25, -0.2) is 4.98 Å². The Kier molecular flexibility index (Phi) is 4.30. The molecular weight excluding hydrogens is 629 g/mol. The third kappa shape index (κ3) is 4.20. The van der Waals surface area contributed by atoms with E-state index in [1.54, 1.807) is 18.2 Å². The van der Waals surface area contributed by atoms with Crippen molar-refractivity contribution in [3.63, 3.8) is 0 Å². The van der Waals surface area contributed by atoms with Gasteiger partial charge in [-0.1, -0.05) is 121 Å². The lowest BCUT2D eigenvalue weighted by Gasteiger charge is -2.12. The van der Waals surface area contributed by atoms with Crippen LogP contribution in [0.3, 0.4) is 0 Å². The predicted molar refractivity (Wildman–Crippen MR) is 205 cm³/mol. The smallest absolute Gasteiger partial charge is 0.238 e. The molecule has 0 aliphatic heterocycles. The molecule has 0 fully saturated rings. The normalized spacial score (nSPS) is 14.4. The first-order valence-electron chi connectivity index (χ1n) is 20.7. The molecule has 11 aromatic rings. The molecule has 0 atom stereocenters. The molecule has 0 amide bonds. The molecule has 4 heterocycles. The predicted octanol–water partition coefficient (Wildman–Crippen LogP) is 11.8. The molecular formula is C45H26N4O2. The highest BCUT2D eigenvalue weighted by molar-refractivity contribution is 6.14. The first kappa shape index (κ1) is 20.5. The molecule has 0 saturated carbocycles. The van der Waals surface area contributed by atoms with Gasteiger partial charge in [-0.05, 0) is 47.5 Å². The monoisotopic (exact) mass is 663 g/mol. The van der Waals surface area contributed by atoms with Gasteiger partial charge in [-0.3, -0.25) is 4.57 Å². The van der Waals surface area contributed by atoms with Crippen LogP contribution in [-0.4, -0.2) is 19.5 Å². The molecule has 0 N–H and O–H groups in total. The van der Waals surface area contributed by atoms with E-state index in [1.807, 2.05) is 84.9 Å². The number of nitrogens with zero attached hydrogens (tertiary/aromatic N) is 4. The number of hydrogen-bond acceptors (Lipinski definition) is 5. The average molecular weight is 664 g/mol. The molecule has 238 valence electrons. The van der Waals surface area contributed by atoms with E-state index < -0.39 is 42.3 Å². The number of aromatic nitrogens is 4. The molecule has 11 rings (SSSR count). The molecule has 0 saturated heterocycles. The molecule has 4 aromatic heterocycles. The van der Waals surface area contributed by atoms with Crippen molar-refractivity contribution >= 4 is 65.7 Å². The van der Waals surface area contributed by atoms with Crippen LogP contribution in [0.4, 0.5) is 0 Å². The summed E-state index contributed by atoms with van der Waals surface area (Å²) in [4.78, 5) is 15.3. The highest BCUT2D eigenvalue weighted by Crippen LogP contribution is 2.40. The van der Waals surface area contributed by atoms with Gasteiger partial charge in [0.05, 0.1) is 23.4 Å². The summed E-state index contributed by atoms with van der Waals surface area (Å²) in [5.41, 5.74) is 4.39. The molecule has 6 heteroatoms. The SMILES string of the molecule is [2H]c1c([2H])c([2H])c(-c2ccc3c4c([2H])c([2H])c([2H])c([2H])c4n(-c4nc(-c5cccc6oc7ccccc7c56)nc(-c5cccc6oc7ccccc7c56)n4)c3c2)c([2H])c1[2H]. The number of fused-ring (bicyclic) bond motifs is 9. The van der Waals surface area contributed by atoms with Gasteiger partial charge in [0.1, 0.15) is 22.3 Å². The fraction of sp³-hybridized carbons (Fsp3) is 0. The summed E-state index contributed by atoms with van der Waals surface area (Å²) in [6.45, 7) is 0. The van der Waals surface area contributed by atoms with E-state index in [1.165, 1.54) is 4.57 Å². The zero-order chi connectivity index (χ0) is 41.3. The molecule has 0 aliphatic rings. The molecule has 0 unspecified atom stereocenters. The van der Waals surface area contributed by atoms with Gasteiger partial charge in [-0.15, -0.1) is 0 Å². The second-order valence-electron chi connectivity index (χ2n) is 12.1. The van der Waals surface area contributed by atoms with Gasteiger partial charge in [0.25, 0.3) is 0 Å². The van der Waals surface area contributed by atoms with Crippen LogP contribution < -0.4 is 0 Å². The van der Waals surface area contributed by atoms with Crippen LogP contribution in [0.25, 0.3) is 106 Å². The van der Waals surface area contributed by atoms with Crippen molar-refractivity contribution < 1.29 is 21.2 Å². The summed E-state index contributed by atoms with van der Waals surface area (Å²) in [6, 6.07) is 27.4. The number of furan rings is 2. The highest BCUT2D eigenvalue weighted by Gasteiger charge is 2.22. The van der Waals surface area contributed by atoms with Crippen molar-refractivity contribution in [2.24, 2.45) is 0 Å². The van der Waals surface area contributed by atoms with Gasteiger partial charge in [0, 0.05) is 43.4 Å². The van der Waals surface area contributed by atoms with Gasteiger partial charge in [0.15, 0.2) is 11.6 Å². The van der Waals surface area contributed by atoms with Crippen molar-refractivity contribution in [3.8, 4) is 39.9 Å². The van der Waals surface area contributed by atoms with Crippen LogP contribution in [0.1, 0.15) is 12.3 Å². The minimum Gasteiger partial charge on any atom is -0.456 e. The Bertz CT molecular complexity index is 3530. The summed E-state index contributed by atoms with van der Waals surface area (Å²) < 4.78 is 92.2. The standard InChI is InChI=1S/C45H26N4O2/c1-2-12-27(13-3-1)28-24-25-30-29-14-4-7-19-35(29)49(36(30)26-28)45-47-43(33-17-10-22-39-41(33)31-15-5-8-20-37(31)50-39)46-44(48-45)34-18-11-23-40-42(34)32-16-6-9-21-38(32)51-40/h1-26H/i1D,2D,3D,4D,7D,12D,13D,14D,19D. The fourth-order valence-electron chi connectivity index (χ4n) is 7.10. The van der Waals surface area contributed by atoms with Crippen molar-refractivity contribution in [1.82, 2.24) is 19.5 Å².